The van der Waals surface area contributed by atoms with Crippen LogP contribution in [0.1, 0.15) is 12.5 Å². The summed E-state index contributed by atoms with van der Waals surface area (Å²) in [7, 11) is 0. The Morgan fingerprint density at radius 2 is 2.18 bits per heavy atom. The van der Waals surface area contributed by atoms with Gasteiger partial charge < -0.3 is 4.74 Å². The Hall–Kier alpha value is -0.500. The topological polar surface area (TPSA) is 9.23 Å². The number of ether oxygens (including phenoxy) is 1. The zero-order valence-electron chi connectivity index (χ0n) is 6.73. The number of aryl methyl sites for hydroxylation is 1. The van der Waals surface area contributed by atoms with Crippen molar-refractivity contribution >= 4 is 15.9 Å². The maximum atomic E-state index is 5.37. The van der Waals surface area contributed by atoms with E-state index >= 15 is 0 Å². The van der Waals surface area contributed by atoms with Crippen molar-refractivity contribution in [2.45, 2.75) is 13.8 Å². The molecule has 0 spiro atoms. The Bertz CT molecular complexity index is 245. The molecule has 0 aromatic heterocycles. The molecule has 0 amide bonds. The fraction of sp³-hybridized carbons (Fsp3) is 0.333. The molecule has 1 aromatic carbocycles. The van der Waals surface area contributed by atoms with E-state index in [2.05, 4.69) is 22.9 Å². The van der Waals surface area contributed by atoms with Gasteiger partial charge in [-0.3, -0.25) is 0 Å². The van der Waals surface area contributed by atoms with Crippen molar-refractivity contribution in [2.24, 2.45) is 0 Å². The number of hydrogen-bond acceptors (Lipinski definition) is 1. The largest absolute Gasteiger partial charge is 0.493 e. The first-order valence-electron chi connectivity index (χ1n) is 3.63. The third kappa shape index (κ3) is 2.22. The van der Waals surface area contributed by atoms with Gasteiger partial charge in [-0.25, -0.2) is 0 Å². The van der Waals surface area contributed by atoms with Gasteiger partial charge in [0.05, 0.1) is 11.1 Å². The predicted octanol–water partition coefficient (Wildman–Crippen LogP) is 3.16. The van der Waals surface area contributed by atoms with E-state index in [1.165, 1.54) is 5.56 Å². The highest BCUT2D eigenvalue weighted by Gasteiger charge is 1.98. The van der Waals surface area contributed by atoms with Crippen LogP contribution in [0, 0.1) is 6.92 Å². The molecule has 0 aliphatic rings. The van der Waals surface area contributed by atoms with Gasteiger partial charge in [-0.05, 0) is 47.5 Å². The molecule has 0 aliphatic heterocycles. The quantitative estimate of drug-likeness (QED) is 0.736. The predicted molar refractivity (Wildman–Crippen MR) is 50.0 cm³/mol. The molecule has 0 fully saturated rings. The Labute approximate surface area is 75.5 Å². The zero-order chi connectivity index (χ0) is 8.27. The van der Waals surface area contributed by atoms with Crippen LogP contribution in [0.3, 0.4) is 0 Å². The van der Waals surface area contributed by atoms with E-state index < -0.39 is 0 Å². The minimum atomic E-state index is 0.710. The second-order valence-electron chi connectivity index (χ2n) is 2.37. The van der Waals surface area contributed by atoms with Crippen molar-refractivity contribution in [3.8, 4) is 5.75 Å². The summed E-state index contributed by atoms with van der Waals surface area (Å²) in [6, 6.07) is 6.07. The molecule has 0 saturated carbocycles. The van der Waals surface area contributed by atoms with E-state index in [0.717, 1.165) is 10.2 Å². The summed E-state index contributed by atoms with van der Waals surface area (Å²) in [5.74, 6) is 0.924. The molecule has 0 bridgehead atoms. The summed E-state index contributed by atoms with van der Waals surface area (Å²) < 4.78 is 6.39. The van der Waals surface area contributed by atoms with Crippen molar-refractivity contribution in [3.63, 3.8) is 0 Å². The molecule has 1 rings (SSSR count). The van der Waals surface area contributed by atoms with E-state index in [0.29, 0.717) is 6.61 Å². The lowest BCUT2D eigenvalue weighted by Crippen LogP contribution is -1.92. The Morgan fingerprint density at radius 1 is 1.45 bits per heavy atom. The van der Waals surface area contributed by atoms with Gasteiger partial charge in [-0.2, -0.15) is 0 Å². The van der Waals surface area contributed by atoms with Gasteiger partial charge in [0.25, 0.3) is 0 Å². The van der Waals surface area contributed by atoms with Crippen LogP contribution >= 0.6 is 15.9 Å². The number of benzene rings is 1. The van der Waals surface area contributed by atoms with Crippen LogP contribution in [0.15, 0.2) is 22.7 Å². The van der Waals surface area contributed by atoms with Gasteiger partial charge in [0.2, 0.25) is 0 Å². The van der Waals surface area contributed by atoms with Crippen molar-refractivity contribution < 1.29 is 4.74 Å². The highest BCUT2D eigenvalue weighted by molar-refractivity contribution is 9.10. The van der Waals surface area contributed by atoms with Gasteiger partial charge in [-0.15, -0.1) is 0 Å². The number of halogens is 1. The van der Waals surface area contributed by atoms with E-state index in [4.69, 9.17) is 4.74 Å². The summed E-state index contributed by atoms with van der Waals surface area (Å²) in [6.07, 6.45) is 0. The van der Waals surface area contributed by atoms with Crippen molar-refractivity contribution in [3.05, 3.63) is 28.2 Å². The summed E-state index contributed by atoms with van der Waals surface area (Å²) in [5.41, 5.74) is 1.22. The average Bonchev–Trinajstić information content (AvgIpc) is 1.98. The van der Waals surface area contributed by atoms with Crippen LogP contribution < -0.4 is 4.74 Å². The molecule has 0 N–H and O–H groups in total. The average molecular weight is 215 g/mol. The molecule has 2 heteroatoms. The second kappa shape index (κ2) is 3.77. The van der Waals surface area contributed by atoms with E-state index in [-0.39, 0.29) is 0 Å². The lowest BCUT2D eigenvalue weighted by molar-refractivity contribution is 0.338. The van der Waals surface area contributed by atoms with Crippen LogP contribution in [-0.4, -0.2) is 6.61 Å². The van der Waals surface area contributed by atoms with Crippen LogP contribution in [0.25, 0.3) is 0 Å². The molecule has 0 radical (unpaired) electrons. The molecule has 11 heavy (non-hydrogen) atoms. The molecule has 0 saturated heterocycles. The minimum absolute atomic E-state index is 0.710. The highest BCUT2D eigenvalue weighted by Crippen LogP contribution is 2.25. The molecule has 0 heterocycles. The van der Waals surface area contributed by atoms with Gasteiger partial charge >= 0.3 is 0 Å². The first kappa shape index (κ1) is 8.60. The maximum Gasteiger partial charge on any atom is 0.133 e. The van der Waals surface area contributed by atoms with Gasteiger partial charge in [0.15, 0.2) is 0 Å². The van der Waals surface area contributed by atoms with Crippen LogP contribution in [0.5, 0.6) is 5.75 Å². The van der Waals surface area contributed by atoms with Gasteiger partial charge in [0.1, 0.15) is 5.75 Å². The lowest BCUT2D eigenvalue weighted by Gasteiger charge is -2.05. The van der Waals surface area contributed by atoms with Crippen LogP contribution in [0.2, 0.25) is 0 Å². The summed E-state index contributed by atoms with van der Waals surface area (Å²) in [4.78, 5) is 0. The van der Waals surface area contributed by atoms with Crippen LogP contribution in [-0.2, 0) is 0 Å². The summed E-state index contributed by atoms with van der Waals surface area (Å²) in [5, 5.41) is 0. The molecule has 1 nitrogen and oxygen atoms in total. The standard InChI is InChI=1S/C9H11BrO/c1-3-11-9-6-7(2)4-5-8(9)10/h4-6H,3H2,1-2H3. The lowest BCUT2D eigenvalue weighted by atomic mass is 10.2. The Balaban J connectivity index is 2.93. The van der Waals surface area contributed by atoms with Crippen LogP contribution in [0.4, 0.5) is 0 Å². The van der Waals surface area contributed by atoms with E-state index in [9.17, 15) is 0 Å². The van der Waals surface area contributed by atoms with E-state index in [1.807, 2.05) is 25.1 Å². The van der Waals surface area contributed by atoms with Crippen molar-refractivity contribution in [2.75, 3.05) is 6.61 Å². The Kier molecular flexibility index (Phi) is 2.94. The van der Waals surface area contributed by atoms with Gasteiger partial charge in [0, 0.05) is 0 Å². The monoisotopic (exact) mass is 214 g/mol. The highest BCUT2D eigenvalue weighted by atomic mass is 79.9. The third-order valence-electron chi connectivity index (χ3n) is 1.39. The summed E-state index contributed by atoms with van der Waals surface area (Å²) >= 11 is 3.41. The molecular weight excluding hydrogens is 204 g/mol. The minimum Gasteiger partial charge on any atom is -0.493 e. The molecular formula is C9H11BrO. The molecule has 0 unspecified atom stereocenters. The van der Waals surface area contributed by atoms with Crippen molar-refractivity contribution in [1.29, 1.82) is 0 Å². The molecule has 0 atom stereocenters. The first-order valence-corrected chi connectivity index (χ1v) is 4.42. The second-order valence-corrected chi connectivity index (χ2v) is 3.22. The molecule has 1 aromatic rings. The molecule has 60 valence electrons. The number of hydrogen-bond donors (Lipinski definition) is 0. The number of rotatable bonds is 2. The van der Waals surface area contributed by atoms with Gasteiger partial charge in [-0.1, -0.05) is 6.07 Å². The maximum absolute atomic E-state index is 5.37. The smallest absolute Gasteiger partial charge is 0.133 e. The fourth-order valence-electron chi connectivity index (χ4n) is 0.877. The SMILES string of the molecule is CCOc1cc(C)ccc1Br. The van der Waals surface area contributed by atoms with E-state index in [1.54, 1.807) is 0 Å². The Morgan fingerprint density at radius 3 is 2.82 bits per heavy atom. The van der Waals surface area contributed by atoms with Crippen molar-refractivity contribution in [1.82, 2.24) is 0 Å². The zero-order valence-corrected chi connectivity index (χ0v) is 8.31. The molecule has 0 aliphatic carbocycles. The third-order valence-corrected chi connectivity index (χ3v) is 2.04. The summed E-state index contributed by atoms with van der Waals surface area (Å²) in [6.45, 7) is 4.74. The first-order chi connectivity index (χ1) is 5.24. The normalized spacial score (nSPS) is 9.73. The fourth-order valence-corrected chi connectivity index (χ4v) is 1.24.